The molecule has 4 rings (SSSR count). The molecule has 0 radical (unpaired) electrons. The van der Waals surface area contributed by atoms with Crippen molar-refractivity contribution >= 4 is 27.0 Å². The third kappa shape index (κ3) is 5.27. The van der Waals surface area contributed by atoms with Gasteiger partial charge in [-0.15, -0.1) is 0 Å². The number of nitrogens with zero attached hydrogens (tertiary/aromatic N) is 3. The number of carbonyl (C=O) groups excluding carboxylic acids is 1. The quantitative estimate of drug-likeness (QED) is 0.435. The van der Waals surface area contributed by atoms with Gasteiger partial charge in [-0.3, -0.25) is 4.79 Å². The van der Waals surface area contributed by atoms with Crippen molar-refractivity contribution in [3.63, 3.8) is 0 Å². The van der Waals surface area contributed by atoms with E-state index in [-0.39, 0.29) is 24.2 Å². The monoisotopic (exact) mass is 463 g/mol. The van der Waals surface area contributed by atoms with E-state index in [4.69, 9.17) is 10.1 Å². The molecule has 0 aliphatic carbocycles. The van der Waals surface area contributed by atoms with Gasteiger partial charge in [0.15, 0.2) is 5.65 Å². The number of benzene rings is 2. The van der Waals surface area contributed by atoms with Gasteiger partial charge in [-0.2, -0.15) is 5.10 Å². The summed E-state index contributed by atoms with van der Waals surface area (Å²) in [5.74, 6) is -0.465. The Kier molecular flexibility index (Phi) is 6.26. The normalized spacial score (nSPS) is 11.8. The number of rotatable bonds is 7. The van der Waals surface area contributed by atoms with Gasteiger partial charge in [-0.25, -0.2) is 23.2 Å². The first-order chi connectivity index (χ1) is 15.7. The number of aromatic nitrogens is 3. The van der Waals surface area contributed by atoms with E-state index in [2.05, 4.69) is 10.4 Å². The van der Waals surface area contributed by atoms with Crippen LogP contribution in [0.1, 0.15) is 41.4 Å². The van der Waals surface area contributed by atoms with Crippen LogP contribution >= 0.6 is 0 Å². The Morgan fingerprint density at radius 2 is 1.73 bits per heavy atom. The predicted molar refractivity (Wildman–Crippen MR) is 128 cm³/mol. The van der Waals surface area contributed by atoms with E-state index >= 15 is 0 Å². The second-order valence-electron chi connectivity index (χ2n) is 8.15. The number of hydrogen-bond donors (Lipinski definition) is 2. The van der Waals surface area contributed by atoms with E-state index < -0.39 is 10.0 Å². The summed E-state index contributed by atoms with van der Waals surface area (Å²) in [6.07, 6.45) is 1.67. The van der Waals surface area contributed by atoms with Gasteiger partial charge in [-0.1, -0.05) is 54.6 Å². The molecule has 0 aliphatic rings. The zero-order valence-corrected chi connectivity index (χ0v) is 19.2. The molecule has 0 saturated carbocycles. The van der Waals surface area contributed by atoms with Crippen LogP contribution in [0, 0.1) is 0 Å². The van der Waals surface area contributed by atoms with Gasteiger partial charge in [0.05, 0.1) is 28.6 Å². The number of pyridine rings is 1. The maximum atomic E-state index is 13.2. The Morgan fingerprint density at radius 1 is 1.06 bits per heavy atom. The zero-order valence-electron chi connectivity index (χ0n) is 18.4. The molecule has 9 heteroatoms. The highest BCUT2D eigenvalue weighted by molar-refractivity contribution is 7.88. The van der Waals surface area contributed by atoms with Gasteiger partial charge in [0.2, 0.25) is 10.0 Å². The molecule has 0 bridgehead atoms. The number of nitrogens with two attached hydrogens (primary N) is 1. The van der Waals surface area contributed by atoms with Crippen molar-refractivity contribution in [2.45, 2.75) is 32.2 Å². The molecule has 3 N–H and O–H groups in total. The number of amides is 1. The van der Waals surface area contributed by atoms with Crippen LogP contribution in [0.4, 0.5) is 0 Å². The maximum Gasteiger partial charge on any atom is 0.252 e. The summed E-state index contributed by atoms with van der Waals surface area (Å²) in [4.78, 5) is 18.0. The average Bonchev–Trinajstić information content (AvgIpc) is 3.22. The van der Waals surface area contributed by atoms with Gasteiger partial charge in [0, 0.05) is 18.2 Å². The fourth-order valence-corrected chi connectivity index (χ4v) is 4.26. The molecule has 0 saturated heterocycles. The van der Waals surface area contributed by atoms with Crippen LogP contribution in [0.25, 0.3) is 22.3 Å². The lowest BCUT2D eigenvalue weighted by Crippen LogP contribution is -2.23. The molecule has 2 heterocycles. The number of nitrogens with one attached hydrogen (secondary N) is 1. The highest BCUT2D eigenvalue weighted by atomic mass is 32.2. The van der Waals surface area contributed by atoms with Crippen molar-refractivity contribution in [3.05, 3.63) is 83.6 Å². The lowest BCUT2D eigenvalue weighted by Gasteiger charge is -2.11. The lowest BCUT2D eigenvalue weighted by molar-refractivity contribution is 0.0952. The highest BCUT2D eigenvalue weighted by Crippen LogP contribution is 2.26. The molecular formula is C24H25N5O3S. The molecular weight excluding hydrogens is 438 g/mol. The first-order valence-electron chi connectivity index (χ1n) is 10.5. The van der Waals surface area contributed by atoms with Crippen LogP contribution in [-0.2, 0) is 22.3 Å². The minimum atomic E-state index is -3.59. The number of primary sulfonamides is 1. The van der Waals surface area contributed by atoms with Crippen molar-refractivity contribution in [2.24, 2.45) is 5.14 Å². The van der Waals surface area contributed by atoms with Crippen LogP contribution in [0.15, 0.2) is 66.9 Å². The standard InChI is InChI=1S/C24H25N5O3S/c1-16(2)29-23-21(14-27-29)20(12-22(28-23)19-6-4-3-5-7-19)24(30)26-13-17-8-10-18(11-9-17)15-33(25,31)32/h3-12,14,16H,13,15H2,1-2H3,(H,26,30)(H2,25,31,32). The summed E-state index contributed by atoms with van der Waals surface area (Å²) in [6, 6.07) is 18.5. The van der Waals surface area contributed by atoms with Gasteiger partial charge in [-0.05, 0) is 31.0 Å². The smallest absolute Gasteiger partial charge is 0.252 e. The van der Waals surface area contributed by atoms with E-state index in [0.717, 1.165) is 11.1 Å². The minimum absolute atomic E-state index is 0.0905. The Bertz CT molecular complexity index is 1400. The van der Waals surface area contributed by atoms with Crippen LogP contribution in [0.5, 0.6) is 0 Å². The first-order valence-corrected chi connectivity index (χ1v) is 12.2. The summed E-state index contributed by atoms with van der Waals surface area (Å²) in [5.41, 5.74) is 4.20. The Hall–Kier alpha value is -3.56. The second-order valence-corrected chi connectivity index (χ2v) is 9.76. The van der Waals surface area contributed by atoms with Gasteiger partial charge in [0.1, 0.15) is 0 Å². The van der Waals surface area contributed by atoms with Gasteiger partial charge >= 0.3 is 0 Å². The van der Waals surface area contributed by atoms with Crippen molar-refractivity contribution in [1.29, 1.82) is 0 Å². The first kappa shape index (κ1) is 22.6. The molecule has 2 aromatic carbocycles. The molecule has 0 aliphatic heterocycles. The summed E-state index contributed by atoms with van der Waals surface area (Å²) in [7, 11) is -3.59. The van der Waals surface area contributed by atoms with E-state index in [1.165, 1.54) is 0 Å². The number of carbonyl (C=O) groups is 1. The molecule has 2 aromatic heterocycles. The van der Waals surface area contributed by atoms with Gasteiger partial charge < -0.3 is 5.32 Å². The van der Waals surface area contributed by atoms with Crippen LogP contribution in [0.2, 0.25) is 0 Å². The summed E-state index contributed by atoms with van der Waals surface area (Å²) in [5, 5.41) is 13.2. The molecule has 0 atom stereocenters. The largest absolute Gasteiger partial charge is 0.348 e. The van der Waals surface area contributed by atoms with Crippen LogP contribution in [0.3, 0.4) is 0 Å². The third-order valence-corrected chi connectivity index (χ3v) is 5.95. The third-order valence-electron chi connectivity index (χ3n) is 5.21. The summed E-state index contributed by atoms with van der Waals surface area (Å²) < 4.78 is 24.3. The Morgan fingerprint density at radius 3 is 2.36 bits per heavy atom. The number of hydrogen-bond acceptors (Lipinski definition) is 5. The van der Waals surface area contributed by atoms with E-state index in [9.17, 15) is 13.2 Å². The summed E-state index contributed by atoms with van der Waals surface area (Å²) >= 11 is 0. The highest BCUT2D eigenvalue weighted by Gasteiger charge is 2.18. The topological polar surface area (TPSA) is 120 Å². The fraction of sp³-hybridized carbons (Fsp3) is 0.208. The molecule has 0 fully saturated rings. The number of sulfonamides is 1. The van der Waals surface area contributed by atoms with E-state index in [0.29, 0.717) is 27.9 Å². The Balaban J connectivity index is 1.62. The second kappa shape index (κ2) is 9.13. The zero-order chi connectivity index (χ0) is 23.6. The molecule has 0 spiro atoms. The molecule has 4 aromatic rings. The van der Waals surface area contributed by atoms with Crippen molar-refractivity contribution in [3.8, 4) is 11.3 Å². The van der Waals surface area contributed by atoms with E-state index in [1.54, 1.807) is 36.5 Å². The molecule has 1 amide bonds. The van der Waals surface area contributed by atoms with Crippen LogP contribution < -0.4 is 10.5 Å². The van der Waals surface area contributed by atoms with Crippen molar-refractivity contribution in [1.82, 2.24) is 20.1 Å². The van der Waals surface area contributed by atoms with E-state index in [1.807, 2.05) is 48.9 Å². The number of fused-ring (bicyclic) bond motifs is 1. The molecule has 33 heavy (non-hydrogen) atoms. The van der Waals surface area contributed by atoms with Crippen molar-refractivity contribution < 1.29 is 13.2 Å². The van der Waals surface area contributed by atoms with Gasteiger partial charge in [0.25, 0.3) is 5.91 Å². The molecule has 0 unspecified atom stereocenters. The SMILES string of the molecule is CC(C)n1ncc2c(C(=O)NCc3ccc(CS(N)(=O)=O)cc3)cc(-c3ccccc3)nc21. The molecule has 170 valence electrons. The fourth-order valence-electron chi connectivity index (χ4n) is 3.60. The maximum absolute atomic E-state index is 13.2. The average molecular weight is 464 g/mol. The predicted octanol–water partition coefficient (Wildman–Crippen LogP) is 3.40. The van der Waals surface area contributed by atoms with Crippen LogP contribution in [-0.4, -0.2) is 29.1 Å². The lowest BCUT2D eigenvalue weighted by atomic mass is 10.1. The minimum Gasteiger partial charge on any atom is -0.348 e. The molecule has 8 nitrogen and oxygen atoms in total. The Labute approximate surface area is 192 Å². The summed E-state index contributed by atoms with van der Waals surface area (Å²) in [6.45, 7) is 4.32. The van der Waals surface area contributed by atoms with Crippen molar-refractivity contribution in [2.75, 3.05) is 0 Å².